The zero-order valence-corrected chi connectivity index (χ0v) is 22.4. The SMILES string of the molecule is O=C(CN1C[C@H](NC(=O)c2ccc(Cl)s2)C[C@@H]1C(=O)NCC1CC1)Nc1ccc(-n2ccccc2=O)cc1F. The maximum absolute atomic E-state index is 14.8. The average Bonchev–Trinajstić information content (AvgIpc) is 3.51. The van der Waals surface area contributed by atoms with E-state index in [1.165, 1.54) is 35.0 Å². The molecule has 3 amide bonds. The summed E-state index contributed by atoms with van der Waals surface area (Å²) in [4.78, 5) is 52.7. The van der Waals surface area contributed by atoms with Crippen LogP contribution < -0.4 is 21.5 Å². The number of amides is 3. The number of carbonyl (C=O) groups is 3. The maximum Gasteiger partial charge on any atom is 0.261 e. The lowest BCUT2D eigenvalue weighted by Gasteiger charge is -2.23. The number of rotatable bonds is 9. The first-order valence-corrected chi connectivity index (χ1v) is 13.8. The highest BCUT2D eigenvalue weighted by Crippen LogP contribution is 2.28. The molecule has 9 nitrogen and oxygen atoms in total. The Labute approximate surface area is 233 Å². The summed E-state index contributed by atoms with van der Waals surface area (Å²) in [5.74, 6) is -1.20. The molecule has 3 aromatic rings. The summed E-state index contributed by atoms with van der Waals surface area (Å²) < 4.78 is 16.6. The first-order chi connectivity index (χ1) is 18.8. The Morgan fingerprint density at radius 2 is 1.92 bits per heavy atom. The molecule has 0 unspecified atom stereocenters. The number of halogens is 2. The summed E-state index contributed by atoms with van der Waals surface area (Å²) >= 11 is 7.11. The topological polar surface area (TPSA) is 113 Å². The first-order valence-electron chi connectivity index (χ1n) is 12.6. The number of nitrogens with one attached hydrogen (secondary N) is 3. The minimum atomic E-state index is -0.698. The van der Waals surface area contributed by atoms with Gasteiger partial charge in [0.05, 0.1) is 33.2 Å². The third-order valence-corrected chi connectivity index (χ3v) is 8.00. The van der Waals surface area contributed by atoms with Gasteiger partial charge in [-0.15, -0.1) is 11.3 Å². The summed E-state index contributed by atoms with van der Waals surface area (Å²) in [6.45, 7) is 0.693. The first kappa shape index (κ1) is 27.0. The molecule has 1 saturated heterocycles. The van der Waals surface area contributed by atoms with E-state index in [0.717, 1.165) is 24.2 Å². The van der Waals surface area contributed by atoms with Gasteiger partial charge in [0.2, 0.25) is 11.8 Å². The predicted molar refractivity (Wildman–Crippen MR) is 147 cm³/mol. The number of pyridine rings is 1. The molecule has 0 bridgehead atoms. The van der Waals surface area contributed by atoms with Gasteiger partial charge in [0.1, 0.15) is 5.82 Å². The van der Waals surface area contributed by atoms with Crippen molar-refractivity contribution in [1.29, 1.82) is 0 Å². The fraction of sp³-hybridized carbons (Fsp3) is 0.333. The van der Waals surface area contributed by atoms with Crippen molar-refractivity contribution in [2.75, 3.05) is 25.0 Å². The molecule has 1 aliphatic heterocycles. The third kappa shape index (κ3) is 6.73. The lowest BCUT2D eigenvalue weighted by Crippen LogP contribution is -2.46. The van der Waals surface area contributed by atoms with Gasteiger partial charge in [0, 0.05) is 37.5 Å². The molecule has 2 fully saturated rings. The number of hydrogen-bond acceptors (Lipinski definition) is 6. The highest BCUT2D eigenvalue weighted by Gasteiger charge is 2.39. The summed E-state index contributed by atoms with van der Waals surface area (Å²) in [7, 11) is 0. The minimum absolute atomic E-state index is 0.0407. The molecule has 2 aromatic heterocycles. The van der Waals surface area contributed by atoms with Crippen molar-refractivity contribution in [2.24, 2.45) is 5.92 Å². The van der Waals surface area contributed by atoms with E-state index in [2.05, 4.69) is 16.0 Å². The van der Waals surface area contributed by atoms with E-state index in [-0.39, 0.29) is 42.2 Å². The van der Waals surface area contributed by atoms with E-state index >= 15 is 0 Å². The van der Waals surface area contributed by atoms with Crippen LogP contribution in [0.25, 0.3) is 5.69 Å². The Balaban J connectivity index is 1.25. The van der Waals surface area contributed by atoms with Gasteiger partial charge in [0.25, 0.3) is 11.5 Å². The molecule has 3 N–H and O–H groups in total. The van der Waals surface area contributed by atoms with E-state index in [0.29, 0.717) is 33.8 Å². The summed E-state index contributed by atoms with van der Waals surface area (Å²) in [6.07, 6.45) is 4.04. The molecule has 2 aliphatic rings. The van der Waals surface area contributed by atoms with Gasteiger partial charge in [-0.2, -0.15) is 0 Å². The molecule has 1 saturated carbocycles. The Kier molecular flexibility index (Phi) is 8.10. The Hall–Kier alpha value is -3.54. The zero-order chi connectivity index (χ0) is 27.5. The summed E-state index contributed by atoms with van der Waals surface area (Å²) in [6, 6.07) is 11.0. The summed E-state index contributed by atoms with van der Waals surface area (Å²) in [5, 5.41) is 8.45. The Morgan fingerprint density at radius 3 is 2.62 bits per heavy atom. The van der Waals surface area contributed by atoms with Crippen molar-refractivity contribution in [1.82, 2.24) is 20.1 Å². The highest BCUT2D eigenvalue weighted by molar-refractivity contribution is 7.18. The van der Waals surface area contributed by atoms with Gasteiger partial charge < -0.3 is 16.0 Å². The average molecular weight is 572 g/mol. The lowest BCUT2D eigenvalue weighted by molar-refractivity contribution is -0.126. The van der Waals surface area contributed by atoms with Crippen molar-refractivity contribution < 1.29 is 18.8 Å². The summed E-state index contributed by atoms with van der Waals surface area (Å²) in [5.41, 5.74) is -0.0210. The maximum atomic E-state index is 14.8. The van der Waals surface area contributed by atoms with Gasteiger partial charge >= 0.3 is 0 Å². The molecule has 2 atom stereocenters. The molecule has 0 spiro atoms. The van der Waals surface area contributed by atoms with E-state index in [9.17, 15) is 23.6 Å². The molecule has 0 radical (unpaired) electrons. The minimum Gasteiger partial charge on any atom is -0.354 e. The van der Waals surface area contributed by atoms with Crippen LogP contribution in [-0.4, -0.2) is 58.9 Å². The van der Waals surface area contributed by atoms with Crippen molar-refractivity contribution in [3.05, 3.63) is 80.1 Å². The predicted octanol–water partition coefficient (Wildman–Crippen LogP) is 3.03. The van der Waals surface area contributed by atoms with Crippen LogP contribution in [-0.2, 0) is 9.59 Å². The van der Waals surface area contributed by atoms with Gasteiger partial charge in [-0.1, -0.05) is 17.7 Å². The van der Waals surface area contributed by atoms with E-state index in [1.54, 1.807) is 29.2 Å². The van der Waals surface area contributed by atoms with Crippen LogP contribution in [0.1, 0.15) is 28.9 Å². The van der Waals surface area contributed by atoms with Crippen molar-refractivity contribution in [3.8, 4) is 5.69 Å². The van der Waals surface area contributed by atoms with Crippen LogP contribution in [0, 0.1) is 11.7 Å². The van der Waals surface area contributed by atoms with Gasteiger partial charge in [0.15, 0.2) is 0 Å². The monoisotopic (exact) mass is 571 g/mol. The number of thiophene rings is 1. The molecular weight excluding hydrogens is 545 g/mol. The van der Waals surface area contributed by atoms with Crippen LogP contribution in [0.5, 0.6) is 0 Å². The number of anilines is 1. The number of hydrogen-bond donors (Lipinski definition) is 3. The van der Waals surface area contributed by atoms with Crippen LogP contribution >= 0.6 is 22.9 Å². The lowest BCUT2D eigenvalue weighted by atomic mass is 10.1. The van der Waals surface area contributed by atoms with Crippen LogP contribution in [0.3, 0.4) is 0 Å². The van der Waals surface area contributed by atoms with Crippen molar-refractivity contribution >= 4 is 46.3 Å². The quantitative estimate of drug-likeness (QED) is 0.365. The Morgan fingerprint density at radius 1 is 1.10 bits per heavy atom. The normalized spacial score (nSPS) is 19.0. The number of aromatic nitrogens is 1. The fourth-order valence-corrected chi connectivity index (χ4v) is 5.55. The molecule has 39 heavy (non-hydrogen) atoms. The van der Waals surface area contributed by atoms with Crippen molar-refractivity contribution in [2.45, 2.75) is 31.3 Å². The highest BCUT2D eigenvalue weighted by atomic mass is 35.5. The number of likely N-dealkylation sites (tertiary alicyclic amines) is 1. The second kappa shape index (κ2) is 11.7. The van der Waals surface area contributed by atoms with E-state index in [1.807, 2.05) is 0 Å². The van der Waals surface area contributed by atoms with Gasteiger partial charge in [-0.3, -0.25) is 28.6 Å². The van der Waals surface area contributed by atoms with Crippen LogP contribution in [0.4, 0.5) is 10.1 Å². The van der Waals surface area contributed by atoms with Crippen LogP contribution in [0.2, 0.25) is 4.34 Å². The Bertz CT molecular complexity index is 1460. The smallest absolute Gasteiger partial charge is 0.261 e. The standard InChI is InChI=1S/C27H27ClFN5O4S/c28-23-9-8-22(39-23)27(38)31-17-11-21(26(37)30-13-16-4-5-16)33(14-17)15-24(35)32-20-7-6-18(12-19(20)29)34-10-2-1-3-25(34)36/h1-3,6-10,12,16-17,21H,4-5,11,13-15H2,(H,30,37)(H,31,38)(H,32,35)/t17-,21-/m1/s1. The molecule has 12 heteroatoms. The molecule has 1 aliphatic carbocycles. The number of nitrogens with zero attached hydrogens (tertiary/aromatic N) is 2. The zero-order valence-electron chi connectivity index (χ0n) is 20.9. The molecule has 3 heterocycles. The molecule has 5 rings (SSSR count). The second-order valence-electron chi connectivity index (χ2n) is 9.76. The fourth-order valence-electron chi connectivity index (χ4n) is 4.60. The van der Waals surface area contributed by atoms with E-state index < -0.39 is 17.8 Å². The third-order valence-electron chi connectivity index (χ3n) is 6.77. The number of benzene rings is 1. The van der Waals surface area contributed by atoms with Crippen molar-refractivity contribution in [3.63, 3.8) is 0 Å². The van der Waals surface area contributed by atoms with E-state index in [4.69, 9.17) is 11.6 Å². The largest absolute Gasteiger partial charge is 0.354 e. The molecular formula is C27H27ClFN5O4S. The van der Waals surface area contributed by atoms with Crippen LogP contribution in [0.15, 0.2) is 59.5 Å². The molecule has 1 aromatic carbocycles. The second-order valence-corrected chi connectivity index (χ2v) is 11.5. The number of carbonyl (C=O) groups excluding carboxylic acids is 3. The van der Waals surface area contributed by atoms with Gasteiger partial charge in [-0.05, 0) is 55.5 Å². The molecule has 204 valence electrons. The van der Waals surface area contributed by atoms with Gasteiger partial charge in [-0.25, -0.2) is 4.39 Å².